The average Bonchev–Trinajstić information content (AvgIpc) is 2.39. The largest absolute Gasteiger partial charge is 0.481 e. The van der Waals surface area contributed by atoms with E-state index in [0.717, 1.165) is 25.7 Å². The van der Waals surface area contributed by atoms with Crippen LogP contribution in [0, 0.1) is 16.7 Å². The van der Waals surface area contributed by atoms with E-state index in [0.29, 0.717) is 25.2 Å². The quantitative estimate of drug-likeness (QED) is 0.522. The average molecular weight is 296 g/mol. The highest BCUT2D eigenvalue weighted by Crippen LogP contribution is 2.52. The van der Waals surface area contributed by atoms with Crippen molar-refractivity contribution in [1.29, 1.82) is 0 Å². The maximum Gasteiger partial charge on any atom is 0.311 e. The first-order chi connectivity index (χ1) is 9.76. The van der Waals surface area contributed by atoms with Crippen LogP contribution in [0.15, 0.2) is 12.2 Å². The highest BCUT2D eigenvalue weighted by atomic mass is 16.4. The van der Waals surface area contributed by atoms with E-state index in [1.165, 1.54) is 0 Å². The molecule has 21 heavy (non-hydrogen) atoms. The van der Waals surface area contributed by atoms with E-state index in [9.17, 15) is 19.8 Å². The van der Waals surface area contributed by atoms with Crippen LogP contribution in [0.2, 0.25) is 0 Å². The minimum Gasteiger partial charge on any atom is -0.481 e. The van der Waals surface area contributed by atoms with Crippen molar-refractivity contribution in [3.63, 3.8) is 0 Å². The topological polar surface area (TPSA) is 74.6 Å². The van der Waals surface area contributed by atoms with Crippen molar-refractivity contribution in [3.8, 4) is 0 Å². The van der Waals surface area contributed by atoms with Crippen LogP contribution in [-0.2, 0) is 9.59 Å². The third-order valence-corrected chi connectivity index (χ3v) is 4.98. The summed E-state index contributed by atoms with van der Waals surface area (Å²) in [5.41, 5.74) is -2.39. The minimum atomic E-state index is -1.22. The van der Waals surface area contributed by atoms with E-state index in [-0.39, 0.29) is 0 Å². The van der Waals surface area contributed by atoms with Gasteiger partial charge in [0.25, 0.3) is 0 Å². The fourth-order valence-corrected chi connectivity index (χ4v) is 3.28. The second kappa shape index (κ2) is 7.10. The summed E-state index contributed by atoms with van der Waals surface area (Å²) in [6.45, 7) is 5.93. The molecule has 4 nitrogen and oxygen atoms in total. The molecule has 0 aliphatic heterocycles. The Bertz CT molecular complexity index is 413. The van der Waals surface area contributed by atoms with Gasteiger partial charge >= 0.3 is 11.9 Å². The molecule has 0 fully saturated rings. The van der Waals surface area contributed by atoms with E-state index in [4.69, 9.17) is 0 Å². The maximum absolute atomic E-state index is 11.9. The molecule has 0 amide bonds. The third kappa shape index (κ3) is 3.66. The van der Waals surface area contributed by atoms with Gasteiger partial charge in [-0.05, 0) is 32.1 Å². The van der Waals surface area contributed by atoms with Crippen LogP contribution in [-0.4, -0.2) is 22.2 Å². The molecule has 2 atom stereocenters. The minimum absolute atomic E-state index is 0.292. The molecule has 0 aromatic rings. The molecule has 120 valence electrons. The van der Waals surface area contributed by atoms with Crippen molar-refractivity contribution < 1.29 is 19.8 Å². The summed E-state index contributed by atoms with van der Waals surface area (Å²) < 4.78 is 0. The molecule has 0 aromatic heterocycles. The van der Waals surface area contributed by atoms with Crippen molar-refractivity contribution >= 4 is 11.9 Å². The van der Waals surface area contributed by atoms with E-state index in [2.05, 4.69) is 13.8 Å². The molecular formula is C17H28O4. The number of aliphatic carboxylic acids is 2. The fourth-order valence-electron chi connectivity index (χ4n) is 3.28. The number of rotatable bonds is 8. The molecule has 0 heterocycles. The molecule has 4 heteroatoms. The van der Waals surface area contributed by atoms with Gasteiger partial charge in [-0.2, -0.15) is 0 Å². The van der Waals surface area contributed by atoms with Gasteiger partial charge in [0.1, 0.15) is 0 Å². The summed E-state index contributed by atoms with van der Waals surface area (Å²) in [5.74, 6) is -1.32. The number of carbonyl (C=O) groups is 2. The normalized spacial score (nSPS) is 28.8. The predicted molar refractivity (Wildman–Crippen MR) is 82.1 cm³/mol. The van der Waals surface area contributed by atoms with Gasteiger partial charge in [-0.15, -0.1) is 0 Å². The Morgan fingerprint density at radius 1 is 1.05 bits per heavy atom. The number of hydrogen-bond donors (Lipinski definition) is 2. The van der Waals surface area contributed by atoms with Gasteiger partial charge in [-0.25, -0.2) is 0 Å². The molecule has 1 aliphatic rings. The summed E-state index contributed by atoms with van der Waals surface area (Å²) in [6, 6.07) is 0. The monoisotopic (exact) mass is 296 g/mol. The van der Waals surface area contributed by atoms with Gasteiger partial charge in [0, 0.05) is 0 Å². The Morgan fingerprint density at radius 2 is 1.67 bits per heavy atom. The van der Waals surface area contributed by atoms with Crippen LogP contribution in [0.3, 0.4) is 0 Å². The Morgan fingerprint density at radius 3 is 2.19 bits per heavy atom. The van der Waals surface area contributed by atoms with Crippen molar-refractivity contribution in [2.75, 3.05) is 0 Å². The molecule has 0 saturated heterocycles. The Balaban J connectivity index is 2.80. The fraction of sp³-hybridized carbons (Fsp3) is 0.765. The molecule has 0 aromatic carbocycles. The zero-order valence-corrected chi connectivity index (χ0v) is 13.4. The van der Waals surface area contributed by atoms with E-state index in [1.54, 1.807) is 13.0 Å². The number of carboxylic acids is 2. The van der Waals surface area contributed by atoms with E-state index < -0.39 is 22.8 Å². The van der Waals surface area contributed by atoms with E-state index >= 15 is 0 Å². The second-order valence-electron chi connectivity index (χ2n) is 6.90. The van der Waals surface area contributed by atoms with Crippen LogP contribution in [0.1, 0.15) is 65.7 Å². The SMILES string of the molecule is CC(C)CCCCCC1(C(=O)O)CC=CCC1(C)C(=O)O. The lowest BCUT2D eigenvalue weighted by Gasteiger charge is -2.44. The molecular weight excluding hydrogens is 268 g/mol. The molecule has 0 saturated carbocycles. The van der Waals surface area contributed by atoms with Crippen LogP contribution >= 0.6 is 0 Å². The van der Waals surface area contributed by atoms with Crippen molar-refractivity contribution in [3.05, 3.63) is 12.2 Å². The smallest absolute Gasteiger partial charge is 0.311 e. The Labute approximate surface area is 127 Å². The Hall–Kier alpha value is -1.32. The van der Waals surface area contributed by atoms with E-state index in [1.807, 2.05) is 6.08 Å². The molecule has 0 spiro atoms. The number of carboxylic acid groups (broad SMARTS) is 2. The zero-order valence-electron chi connectivity index (χ0n) is 13.4. The molecule has 0 radical (unpaired) electrons. The lowest BCUT2D eigenvalue weighted by Crippen LogP contribution is -2.51. The molecule has 1 rings (SSSR count). The van der Waals surface area contributed by atoms with Crippen LogP contribution in [0.4, 0.5) is 0 Å². The molecule has 1 aliphatic carbocycles. The summed E-state index contributed by atoms with van der Waals surface area (Å²) in [6.07, 6.45) is 8.62. The van der Waals surface area contributed by atoms with Crippen molar-refractivity contribution in [2.45, 2.75) is 65.7 Å². The number of hydrogen-bond acceptors (Lipinski definition) is 2. The van der Waals surface area contributed by atoms with Crippen LogP contribution in [0.5, 0.6) is 0 Å². The maximum atomic E-state index is 11.9. The van der Waals surface area contributed by atoms with Crippen molar-refractivity contribution in [1.82, 2.24) is 0 Å². The van der Waals surface area contributed by atoms with Gasteiger partial charge in [0.2, 0.25) is 0 Å². The number of allylic oxidation sites excluding steroid dienone is 2. The van der Waals surface area contributed by atoms with Gasteiger partial charge in [0.05, 0.1) is 10.8 Å². The van der Waals surface area contributed by atoms with Gasteiger partial charge in [-0.1, -0.05) is 51.7 Å². The molecule has 0 bridgehead atoms. The third-order valence-electron chi connectivity index (χ3n) is 4.98. The van der Waals surface area contributed by atoms with Crippen molar-refractivity contribution in [2.24, 2.45) is 16.7 Å². The standard InChI is InChI=1S/C17H28O4/c1-13(2)9-5-4-6-11-17(15(20)21)12-8-7-10-16(17,3)14(18)19/h7-8,13H,4-6,9-12H2,1-3H3,(H,18,19)(H,20,21). The van der Waals surface area contributed by atoms with Crippen LogP contribution < -0.4 is 0 Å². The lowest BCUT2D eigenvalue weighted by atomic mass is 9.56. The Kier molecular flexibility index (Phi) is 5.99. The summed E-state index contributed by atoms with van der Waals surface area (Å²) in [7, 11) is 0. The second-order valence-corrected chi connectivity index (χ2v) is 6.90. The number of unbranched alkanes of at least 4 members (excludes halogenated alkanes) is 2. The zero-order chi connectivity index (χ0) is 16.1. The molecule has 2 unspecified atom stereocenters. The van der Waals surface area contributed by atoms with Gasteiger partial charge in [-0.3, -0.25) is 9.59 Å². The first-order valence-electron chi connectivity index (χ1n) is 7.88. The predicted octanol–water partition coefficient (Wildman–Crippen LogP) is 4.10. The summed E-state index contributed by atoms with van der Waals surface area (Å²) >= 11 is 0. The summed E-state index contributed by atoms with van der Waals surface area (Å²) in [4.78, 5) is 23.5. The van der Waals surface area contributed by atoms with Gasteiger partial charge in [0.15, 0.2) is 0 Å². The summed E-state index contributed by atoms with van der Waals surface area (Å²) in [5, 5.41) is 19.3. The van der Waals surface area contributed by atoms with Crippen LogP contribution in [0.25, 0.3) is 0 Å². The highest BCUT2D eigenvalue weighted by molar-refractivity contribution is 5.87. The first kappa shape index (κ1) is 17.7. The molecule has 2 N–H and O–H groups in total. The lowest BCUT2D eigenvalue weighted by molar-refractivity contribution is -0.174. The van der Waals surface area contributed by atoms with Gasteiger partial charge < -0.3 is 10.2 Å². The highest BCUT2D eigenvalue weighted by Gasteiger charge is 2.57. The first-order valence-corrected chi connectivity index (χ1v) is 7.88.